The van der Waals surface area contributed by atoms with E-state index in [-0.39, 0.29) is 0 Å². The van der Waals surface area contributed by atoms with Gasteiger partial charge in [-0.25, -0.2) is 0 Å². The van der Waals surface area contributed by atoms with Gasteiger partial charge >= 0.3 is 0 Å². The molecule has 1 N–H and O–H groups in total. The van der Waals surface area contributed by atoms with Gasteiger partial charge in [-0.05, 0) is 44.6 Å². The number of pyridine rings is 1. The van der Waals surface area contributed by atoms with E-state index in [9.17, 15) is 0 Å². The zero-order valence-electron chi connectivity index (χ0n) is 9.32. The molecule has 0 bridgehead atoms. The number of nitrogens with zero attached hydrogens (tertiary/aromatic N) is 2. The van der Waals surface area contributed by atoms with Crippen LogP contribution >= 0.6 is 0 Å². The van der Waals surface area contributed by atoms with E-state index in [0.29, 0.717) is 0 Å². The SMILES string of the molecule is CNC1CCN(Cc2cccnc2)CC1. The van der Waals surface area contributed by atoms with Crippen molar-refractivity contribution in [1.29, 1.82) is 0 Å². The minimum atomic E-state index is 0.718. The Morgan fingerprint density at radius 1 is 1.47 bits per heavy atom. The first-order chi connectivity index (χ1) is 7.38. The van der Waals surface area contributed by atoms with E-state index in [0.717, 1.165) is 12.6 Å². The van der Waals surface area contributed by atoms with Crippen molar-refractivity contribution in [3.05, 3.63) is 30.1 Å². The Balaban J connectivity index is 1.82. The highest BCUT2D eigenvalue weighted by molar-refractivity contribution is 5.08. The predicted molar refractivity (Wildman–Crippen MR) is 61.6 cm³/mol. The Labute approximate surface area is 91.5 Å². The molecule has 1 aromatic rings. The van der Waals surface area contributed by atoms with Gasteiger partial charge in [0.2, 0.25) is 0 Å². The number of nitrogens with one attached hydrogen (secondary N) is 1. The molecule has 3 nitrogen and oxygen atoms in total. The van der Waals surface area contributed by atoms with Gasteiger partial charge in [-0.2, -0.15) is 0 Å². The third kappa shape index (κ3) is 3.01. The van der Waals surface area contributed by atoms with Gasteiger partial charge in [0.1, 0.15) is 0 Å². The van der Waals surface area contributed by atoms with Gasteiger partial charge in [-0.15, -0.1) is 0 Å². The molecule has 0 aromatic carbocycles. The van der Waals surface area contributed by atoms with Crippen molar-refractivity contribution < 1.29 is 0 Å². The highest BCUT2D eigenvalue weighted by Gasteiger charge is 2.17. The summed E-state index contributed by atoms with van der Waals surface area (Å²) in [6, 6.07) is 4.88. The summed E-state index contributed by atoms with van der Waals surface area (Å²) in [7, 11) is 2.06. The maximum Gasteiger partial charge on any atom is 0.0312 e. The molecular formula is C12H19N3. The Morgan fingerprint density at radius 3 is 2.87 bits per heavy atom. The first-order valence-electron chi connectivity index (χ1n) is 5.67. The highest BCUT2D eigenvalue weighted by Crippen LogP contribution is 2.12. The van der Waals surface area contributed by atoms with E-state index in [2.05, 4.69) is 28.3 Å². The van der Waals surface area contributed by atoms with E-state index < -0.39 is 0 Å². The van der Waals surface area contributed by atoms with E-state index in [4.69, 9.17) is 0 Å². The molecule has 1 saturated heterocycles. The maximum absolute atomic E-state index is 4.14. The minimum absolute atomic E-state index is 0.718. The molecule has 15 heavy (non-hydrogen) atoms. The van der Waals surface area contributed by atoms with Crippen LogP contribution in [0.15, 0.2) is 24.5 Å². The van der Waals surface area contributed by atoms with Crippen LogP contribution in [-0.2, 0) is 6.54 Å². The van der Waals surface area contributed by atoms with Crippen molar-refractivity contribution in [2.24, 2.45) is 0 Å². The lowest BCUT2D eigenvalue weighted by molar-refractivity contribution is 0.194. The third-order valence-corrected chi connectivity index (χ3v) is 3.12. The third-order valence-electron chi connectivity index (χ3n) is 3.12. The van der Waals surface area contributed by atoms with Gasteiger partial charge in [0.15, 0.2) is 0 Å². The molecule has 0 unspecified atom stereocenters. The summed E-state index contributed by atoms with van der Waals surface area (Å²) in [5.41, 5.74) is 1.32. The Kier molecular flexibility index (Phi) is 3.69. The molecule has 3 heteroatoms. The molecule has 1 aliphatic rings. The minimum Gasteiger partial charge on any atom is -0.317 e. The van der Waals surface area contributed by atoms with Crippen LogP contribution in [0.1, 0.15) is 18.4 Å². The largest absolute Gasteiger partial charge is 0.317 e. The standard InChI is InChI=1S/C12H19N3/c1-13-12-4-7-15(8-5-12)10-11-3-2-6-14-9-11/h2-3,6,9,12-13H,4-5,7-8,10H2,1H3. The van der Waals surface area contributed by atoms with Crippen molar-refractivity contribution in [3.63, 3.8) is 0 Å². The summed E-state index contributed by atoms with van der Waals surface area (Å²) in [5, 5.41) is 3.35. The van der Waals surface area contributed by atoms with Crippen LogP contribution in [-0.4, -0.2) is 36.1 Å². The molecule has 1 fully saturated rings. The molecule has 0 spiro atoms. The van der Waals surface area contributed by atoms with E-state index in [1.54, 1.807) is 0 Å². The quantitative estimate of drug-likeness (QED) is 0.805. The summed E-state index contributed by atoms with van der Waals surface area (Å²) in [6.07, 6.45) is 6.31. The second-order valence-electron chi connectivity index (χ2n) is 4.20. The number of hydrogen-bond acceptors (Lipinski definition) is 3. The van der Waals surface area contributed by atoms with Crippen molar-refractivity contribution in [1.82, 2.24) is 15.2 Å². The Hall–Kier alpha value is -0.930. The lowest BCUT2D eigenvalue weighted by Gasteiger charge is -2.31. The predicted octanol–water partition coefficient (Wildman–Crippen LogP) is 1.27. The molecule has 2 heterocycles. The van der Waals surface area contributed by atoms with Crippen molar-refractivity contribution >= 4 is 0 Å². The van der Waals surface area contributed by atoms with Gasteiger partial charge < -0.3 is 5.32 Å². The molecule has 1 aromatic heterocycles. The lowest BCUT2D eigenvalue weighted by atomic mass is 10.0. The summed E-state index contributed by atoms with van der Waals surface area (Å²) < 4.78 is 0. The Bertz CT molecular complexity index is 278. The smallest absolute Gasteiger partial charge is 0.0312 e. The molecular weight excluding hydrogens is 186 g/mol. The zero-order valence-corrected chi connectivity index (χ0v) is 9.32. The van der Waals surface area contributed by atoms with E-state index in [1.165, 1.54) is 31.5 Å². The van der Waals surface area contributed by atoms with Crippen molar-refractivity contribution in [2.75, 3.05) is 20.1 Å². The molecule has 0 radical (unpaired) electrons. The molecule has 0 aliphatic carbocycles. The monoisotopic (exact) mass is 205 g/mol. The summed E-state index contributed by atoms with van der Waals surface area (Å²) in [6.45, 7) is 3.44. The average molecular weight is 205 g/mol. The maximum atomic E-state index is 4.14. The van der Waals surface area contributed by atoms with Gasteiger partial charge in [0, 0.05) is 25.0 Å². The average Bonchev–Trinajstić information content (AvgIpc) is 2.31. The number of rotatable bonds is 3. The molecule has 2 rings (SSSR count). The van der Waals surface area contributed by atoms with Crippen LogP contribution in [0.25, 0.3) is 0 Å². The van der Waals surface area contributed by atoms with Gasteiger partial charge in [0.05, 0.1) is 0 Å². The van der Waals surface area contributed by atoms with Gasteiger partial charge in [-0.1, -0.05) is 6.07 Å². The van der Waals surface area contributed by atoms with Gasteiger partial charge in [-0.3, -0.25) is 9.88 Å². The molecule has 0 atom stereocenters. The summed E-state index contributed by atoms with van der Waals surface area (Å²) >= 11 is 0. The fourth-order valence-corrected chi connectivity index (χ4v) is 2.13. The first kappa shape index (κ1) is 10.6. The highest BCUT2D eigenvalue weighted by atomic mass is 15.1. The first-order valence-corrected chi connectivity index (χ1v) is 5.67. The van der Waals surface area contributed by atoms with Crippen LogP contribution in [0.5, 0.6) is 0 Å². The van der Waals surface area contributed by atoms with Crippen molar-refractivity contribution in [3.8, 4) is 0 Å². The summed E-state index contributed by atoms with van der Waals surface area (Å²) in [4.78, 5) is 6.65. The van der Waals surface area contributed by atoms with Crippen molar-refractivity contribution in [2.45, 2.75) is 25.4 Å². The number of piperidine rings is 1. The number of likely N-dealkylation sites (tertiary alicyclic amines) is 1. The zero-order chi connectivity index (χ0) is 10.5. The lowest BCUT2D eigenvalue weighted by Crippen LogP contribution is -2.40. The van der Waals surface area contributed by atoms with Crippen LogP contribution in [0.4, 0.5) is 0 Å². The second-order valence-corrected chi connectivity index (χ2v) is 4.20. The van der Waals surface area contributed by atoms with Gasteiger partial charge in [0.25, 0.3) is 0 Å². The number of hydrogen-bond donors (Lipinski definition) is 1. The fraction of sp³-hybridized carbons (Fsp3) is 0.583. The molecule has 1 aliphatic heterocycles. The second kappa shape index (κ2) is 5.24. The molecule has 82 valence electrons. The molecule has 0 saturated carbocycles. The topological polar surface area (TPSA) is 28.2 Å². The van der Waals surface area contributed by atoms with Crippen LogP contribution in [0, 0.1) is 0 Å². The van der Waals surface area contributed by atoms with Crippen LogP contribution in [0.2, 0.25) is 0 Å². The molecule has 0 amide bonds. The Morgan fingerprint density at radius 2 is 2.27 bits per heavy atom. The number of aromatic nitrogens is 1. The van der Waals surface area contributed by atoms with Crippen LogP contribution in [0.3, 0.4) is 0 Å². The normalized spacial score (nSPS) is 19.3. The van der Waals surface area contributed by atoms with E-state index >= 15 is 0 Å². The van der Waals surface area contributed by atoms with Crippen LogP contribution < -0.4 is 5.32 Å². The van der Waals surface area contributed by atoms with E-state index in [1.807, 2.05) is 18.5 Å². The summed E-state index contributed by atoms with van der Waals surface area (Å²) in [5.74, 6) is 0. The fourth-order valence-electron chi connectivity index (χ4n) is 2.13.